The molecule has 1 aromatic heterocycles. The summed E-state index contributed by atoms with van der Waals surface area (Å²) < 4.78 is 33.4. The molecule has 0 unspecified atom stereocenters. The van der Waals surface area contributed by atoms with Gasteiger partial charge in [-0.25, -0.2) is 4.79 Å². The van der Waals surface area contributed by atoms with Gasteiger partial charge in [-0.3, -0.25) is 8.91 Å². The maximum Gasteiger partial charge on any atom is 0.360 e. The molecule has 0 spiro atoms. The molecule has 0 radical (unpaired) electrons. The van der Waals surface area contributed by atoms with E-state index in [1.165, 1.54) is 6.07 Å². The van der Waals surface area contributed by atoms with Gasteiger partial charge in [-0.1, -0.05) is 18.2 Å². The summed E-state index contributed by atoms with van der Waals surface area (Å²) in [6, 6.07) is 8.16. The second kappa shape index (κ2) is 4.19. The fourth-order valence-corrected chi connectivity index (χ4v) is 1.80. The zero-order valence-electron chi connectivity index (χ0n) is 8.84. The Balaban J connectivity index is 2.56. The van der Waals surface area contributed by atoms with Crippen molar-refractivity contribution >= 4 is 27.0 Å². The zero-order valence-corrected chi connectivity index (χ0v) is 9.65. The Morgan fingerprint density at radius 3 is 2.71 bits per heavy atom. The van der Waals surface area contributed by atoms with Gasteiger partial charge >= 0.3 is 15.9 Å². The molecule has 2 aromatic rings. The minimum atomic E-state index is -3.97. The first kappa shape index (κ1) is 11.6. The molecule has 0 amide bonds. The largest absolute Gasteiger partial charge is 0.421 e. The van der Waals surface area contributed by atoms with E-state index in [4.69, 9.17) is 4.42 Å². The van der Waals surface area contributed by atoms with Crippen LogP contribution in [0.3, 0.4) is 0 Å². The molecule has 6 nitrogen and oxygen atoms in total. The van der Waals surface area contributed by atoms with Gasteiger partial charge in [-0.2, -0.15) is 8.42 Å². The molecular weight excluding hydrogens is 246 g/mol. The standard InChI is InChI=1S/C10H9NO5S/c1-15-17(13,14)11-8-6-7-4-2-3-5-9(7)16-10(8)12/h2-6,11H,1H3. The van der Waals surface area contributed by atoms with Crippen LogP contribution in [-0.2, 0) is 14.5 Å². The predicted octanol–water partition coefficient (Wildman–Crippen LogP) is 1.10. The van der Waals surface area contributed by atoms with Crippen LogP contribution in [-0.4, -0.2) is 15.5 Å². The molecular formula is C10H9NO5S. The van der Waals surface area contributed by atoms with Crippen molar-refractivity contribution in [3.63, 3.8) is 0 Å². The third kappa shape index (κ3) is 2.45. The van der Waals surface area contributed by atoms with Crippen molar-refractivity contribution in [1.29, 1.82) is 0 Å². The highest BCUT2D eigenvalue weighted by Gasteiger charge is 2.12. The van der Waals surface area contributed by atoms with Crippen molar-refractivity contribution in [3.8, 4) is 0 Å². The van der Waals surface area contributed by atoms with E-state index < -0.39 is 15.9 Å². The normalized spacial score (nSPS) is 11.6. The van der Waals surface area contributed by atoms with Gasteiger partial charge in [0.05, 0.1) is 7.11 Å². The second-order valence-corrected chi connectivity index (χ2v) is 4.65. The number of fused-ring (bicyclic) bond motifs is 1. The van der Waals surface area contributed by atoms with Crippen LogP contribution in [0.15, 0.2) is 39.5 Å². The maximum atomic E-state index is 11.5. The average Bonchev–Trinajstić information content (AvgIpc) is 2.30. The fraction of sp³-hybridized carbons (Fsp3) is 0.100. The van der Waals surface area contributed by atoms with Crippen LogP contribution in [0.1, 0.15) is 0 Å². The predicted molar refractivity (Wildman–Crippen MR) is 62.0 cm³/mol. The Morgan fingerprint density at radius 1 is 1.29 bits per heavy atom. The minimum Gasteiger partial charge on any atom is -0.421 e. The lowest BCUT2D eigenvalue weighted by atomic mass is 10.2. The van der Waals surface area contributed by atoms with Crippen LogP contribution in [0.25, 0.3) is 11.0 Å². The second-order valence-electron chi connectivity index (χ2n) is 3.21. The number of rotatable bonds is 3. The van der Waals surface area contributed by atoms with Crippen molar-refractivity contribution in [2.45, 2.75) is 0 Å². The lowest BCUT2D eigenvalue weighted by molar-refractivity contribution is 0.402. The van der Waals surface area contributed by atoms with E-state index >= 15 is 0 Å². The van der Waals surface area contributed by atoms with Gasteiger partial charge in [0, 0.05) is 5.39 Å². The Bertz CT molecular complexity index is 704. The molecule has 0 saturated heterocycles. The number of hydrogen-bond acceptors (Lipinski definition) is 5. The highest BCUT2D eigenvalue weighted by Crippen LogP contribution is 2.15. The van der Waals surface area contributed by atoms with E-state index in [9.17, 15) is 13.2 Å². The summed E-state index contributed by atoms with van der Waals surface area (Å²) in [5, 5.41) is 0.612. The molecule has 1 heterocycles. The first-order valence-corrected chi connectivity index (χ1v) is 6.04. The van der Waals surface area contributed by atoms with E-state index in [0.717, 1.165) is 7.11 Å². The van der Waals surface area contributed by atoms with Crippen LogP contribution < -0.4 is 10.3 Å². The summed E-state index contributed by atoms with van der Waals surface area (Å²) in [7, 11) is -2.98. The van der Waals surface area contributed by atoms with E-state index in [1.54, 1.807) is 24.3 Å². The van der Waals surface area contributed by atoms with Gasteiger partial charge in [0.15, 0.2) is 0 Å². The van der Waals surface area contributed by atoms with E-state index in [-0.39, 0.29) is 5.69 Å². The summed E-state index contributed by atoms with van der Waals surface area (Å²) in [5.74, 6) is 0. The van der Waals surface area contributed by atoms with Crippen LogP contribution in [0.4, 0.5) is 5.69 Å². The molecule has 0 saturated carbocycles. The summed E-state index contributed by atoms with van der Waals surface area (Å²) in [6.07, 6.45) is 0. The third-order valence-electron chi connectivity index (χ3n) is 2.10. The van der Waals surface area contributed by atoms with Gasteiger partial charge in [0.2, 0.25) is 0 Å². The quantitative estimate of drug-likeness (QED) is 0.830. The summed E-state index contributed by atoms with van der Waals surface area (Å²) in [5.41, 5.74) is -0.576. The molecule has 1 aromatic carbocycles. The average molecular weight is 255 g/mol. The van der Waals surface area contributed by atoms with E-state index in [0.29, 0.717) is 11.0 Å². The first-order valence-electron chi connectivity index (χ1n) is 4.63. The van der Waals surface area contributed by atoms with E-state index in [2.05, 4.69) is 4.18 Å². The number of para-hydroxylation sites is 1. The molecule has 7 heteroatoms. The zero-order chi connectivity index (χ0) is 12.5. The van der Waals surface area contributed by atoms with Crippen LogP contribution >= 0.6 is 0 Å². The van der Waals surface area contributed by atoms with Crippen LogP contribution in [0, 0.1) is 0 Å². The molecule has 2 rings (SSSR count). The molecule has 17 heavy (non-hydrogen) atoms. The highest BCUT2D eigenvalue weighted by molar-refractivity contribution is 7.88. The molecule has 0 atom stereocenters. The SMILES string of the molecule is COS(=O)(=O)Nc1cc2ccccc2oc1=O. The summed E-state index contributed by atoms with van der Waals surface area (Å²) in [4.78, 5) is 11.5. The minimum absolute atomic E-state index is 0.189. The molecule has 1 N–H and O–H groups in total. The molecule has 0 aliphatic rings. The Hall–Kier alpha value is -1.86. The Labute approximate surface area is 97.1 Å². The number of benzene rings is 1. The highest BCUT2D eigenvalue weighted by atomic mass is 32.2. The first-order chi connectivity index (χ1) is 8.02. The molecule has 0 aliphatic carbocycles. The topological polar surface area (TPSA) is 85.6 Å². The van der Waals surface area contributed by atoms with Crippen LogP contribution in [0.5, 0.6) is 0 Å². The lowest BCUT2D eigenvalue weighted by Gasteiger charge is -2.04. The Morgan fingerprint density at radius 2 is 2.00 bits per heavy atom. The molecule has 0 aliphatic heterocycles. The van der Waals surface area contributed by atoms with Gasteiger partial charge in [0.25, 0.3) is 0 Å². The summed E-state index contributed by atoms with van der Waals surface area (Å²) in [6.45, 7) is 0. The molecule has 0 bridgehead atoms. The monoisotopic (exact) mass is 255 g/mol. The van der Waals surface area contributed by atoms with Gasteiger partial charge in [-0.15, -0.1) is 0 Å². The van der Waals surface area contributed by atoms with Gasteiger partial charge in [-0.05, 0) is 12.1 Å². The molecule has 0 fully saturated rings. The number of nitrogens with one attached hydrogen (secondary N) is 1. The van der Waals surface area contributed by atoms with Crippen molar-refractivity contribution < 1.29 is 17.0 Å². The van der Waals surface area contributed by atoms with Crippen molar-refractivity contribution in [2.24, 2.45) is 0 Å². The van der Waals surface area contributed by atoms with Crippen molar-refractivity contribution in [3.05, 3.63) is 40.8 Å². The Kier molecular flexibility index (Phi) is 2.86. The van der Waals surface area contributed by atoms with Crippen molar-refractivity contribution in [2.75, 3.05) is 11.8 Å². The van der Waals surface area contributed by atoms with Gasteiger partial charge < -0.3 is 4.42 Å². The van der Waals surface area contributed by atoms with Crippen molar-refractivity contribution in [1.82, 2.24) is 0 Å². The third-order valence-corrected chi connectivity index (χ3v) is 3.00. The molecule has 90 valence electrons. The van der Waals surface area contributed by atoms with Crippen LogP contribution in [0.2, 0.25) is 0 Å². The smallest absolute Gasteiger partial charge is 0.360 e. The maximum absolute atomic E-state index is 11.5. The fourth-order valence-electron chi connectivity index (χ4n) is 1.31. The lowest BCUT2D eigenvalue weighted by Crippen LogP contribution is -2.19. The number of hydrogen-bond donors (Lipinski definition) is 1. The summed E-state index contributed by atoms with van der Waals surface area (Å²) >= 11 is 0. The number of anilines is 1. The van der Waals surface area contributed by atoms with E-state index in [1.807, 2.05) is 4.72 Å². The van der Waals surface area contributed by atoms with Gasteiger partial charge in [0.1, 0.15) is 11.3 Å².